The predicted octanol–water partition coefficient (Wildman–Crippen LogP) is 2.25. The van der Waals surface area contributed by atoms with E-state index in [1.54, 1.807) is 0 Å². The lowest BCUT2D eigenvalue weighted by Gasteiger charge is -2.32. The van der Waals surface area contributed by atoms with Gasteiger partial charge in [0.05, 0.1) is 0 Å². The van der Waals surface area contributed by atoms with Gasteiger partial charge in [-0.15, -0.1) is 0 Å². The lowest BCUT2D eigenvalue weighted by atomic mass is 9.88. The Hall–Kier alpha value is -0.0800. The van der Waals surface area contributed by atoms with Crippen LogP contribution in [0.2, 0.25) is 0 Å². The van der Waals surface area contributed by atoms with Gasteiger partial charge in [-0.05, 0) is 44.7 Å². The molecule has 1 N–H and O–H groups in total. The summed E-state index contributed by atoms with van der Waals surface area (Å²) in [5.41, 5.74) is 0.629. The zero-order valence-corrected chi connectivity index (χ0v) is 10.4. The summed E-state index contributed by atoms with van der Waals surface area (Å²) >= 11 is 0. The van der Waals surface area contributed by atoms with E-state index in [4.69, 9.17) is 0 Å². The van der Waals surface area contributed by atoms with Gasteiger partial charge >= 0.3 is 0 Å². The lowest BCUT2D eigenvalue weighted by Crippen LogP contribution is -2.40. The zero-order valence-electron chi connectivity index (χ0n) is 10.4. The molecular weight excluding hydrogens is 184 g/mol. The second kappa shape index (κ2) is 4.84. The van der Waals surface area contributed by atoms with Crippen molar-refractivity contribution >= 4 is 0 Å². The van der Waals surface area contributed by atoms with Crippen LogP contribution in [0, 0.1) is 5.41 Å². The Balaban J connectivity index is 1.86. The summed E-state index contributed by atoms with van der Waals surface area (Å²) in [7, 11) is 0. The second-order valence-corrected chi connectivity index (χ2v) is 5.96. The summed E-state index contributed by atoms with van der Waals surface area (Å²) in [6.07, 6.45) is 7.13. The Morgan fingerprint density at radius 3 is 2.73 bits per heavy atom. The van der Waals surface area contributed by atoms with Gasteiger partial charge in [-0.25, -0.2) is 0 Å². The zero-order chi connectivity index (χ0) is 10.7. The molecule has 88 valence electrons. The molecule has 1 atom stereocenters. The van der Waals surface area contributed by atoms with Crippen LogP contribution in [0.15, 0.2) is 0 Å². The Morgan fingerprint density at radius 2 is 2.00 bits per heavy atom. The Bertz CT molecular complexity index is 197. The molecular formula is C13H26N2. The Kier molecular flexibility index (Phi) is 3.68. The van der Waals surface area contributed by atoms with Crippen LogP contribution < -0.4 is 5.32 Å². The number of hydrogen-bond donors (Lipinski definition) is 1. The predicted molar refractivity (Wildman–Crippen MR) is 65.1 cm³/mol. The topological polar surface area (TPSA) is 15.3 Å². The van der Waals surface area contributed by atoms with E-state index in [1.165, 1.54) is 58.3 Å². The fourth-order valence-electron chi connectivity index (χ4n) is 3.26. The standard InChI is InChI=1S/C13H26N2/c1-12-10-15(9-5-8-14-12)11-13(2)6-3-4-7-13/h12,14H,3-11H2,1-2H3. The minimum atomic E-state index is 0.629. The van der Waals surface area contributed by atoms with E-state index in [1.807, 2.05) is 0 Å². The van der Waals surface area contributed by atoms with Crippen molar-refractivity contribution in [2.24, 2.45) is 5.41 Å². The number of nitrogens with one attached hydrogen (secondary N) is 1. The van der Waals surface area contributed by atoms with Gasteiger partial charge < -0.3 is 10.2 Å². The average Bonchev–Trinajstić information content (AvgIpc) is 2.49. The first kappa shape index (κ1) is 11.4. The Labute approximate surface area is 94.4 Å². The van der Waals surface area contributed by atoms with Crippen molar-refractivity contribution in [2.45, 2.75) is 52.0 Å². The van der Waals surface area contributed by atoms with Crippen molar-refractivity contribution in [1.82, 2.24) is 10.2 Å². The monoisotopic (exact) mass is 210 g/mol. The molecule has 2 rings (SSSR count). The average molecular weight is 210 g/mol. The maximum atomic E-state index is 3.57. The summed E-state index contributed by atoms with van der Waals surface area (Å²) in [6.45, 7) is 9.88. The highest BCUT2D eigenvalue weighted by Gasteiger charge is 2.31. The first-order chi connectivity index (χ1) is 7.18. The molecule has 1 aliphatic heterocycles. The van der Waals surface area contributed by atoms with Gasteiger partial charge in [-0.2, -0.15) is 0 Å². The first-order valence-corrected chi connectivity index (χ1v) is 6.64. The first-order valence-electron chi connectivity index (χ1n) is 6.64. The SMILES string of the molecule is CC1CN(CC2(C)CCCC2)CCCN1. The van der Waals surface area contributed by atoms with Crippen molar-refractivity contribution in [3.8, 4) is 0 Å². The molecule has 0 aromatic heterocycles. The summed E-state index contributed by atoms with van der Waals surface area (Å²) in [5.74, 6) is 0. The molecule has 2 fully saturated rings. The highest BCUT2D eigenvalue weighted by molar-refractivity contribution is 4.85. The van der Waals surface area contributed by atoms with Crippen molar-refractivity contribution in [3.05, 3.63) is 0 Å². The summed E-state index contributed by atoms with van der Waals surface area (Å²) in [5, 5.41) is 3.57. The van der Waals surface area contributed by atoms with Gasteiger partial charge in [-0.1, -0.05) is 19.8 Å². The molecule has 0 bridgehead atoms. The highest BCUT2D eigenvalue weighted by Crippen LogP contribution is 2.38. The molecule has 1 saturated carbocycles. The van der Waals surface area contributed by atoms with Crippen LogP contribution in [0.4, 0.5) is 0 Å². The lowest BCUT2D eigenvalue weighted by molar-refractivity contribution is 0.167. The van der Waals surface area contributed by atoms with Crippen LogP contribution >= 0.6 is 0 Å². The van der Waals surface area contributed by atoms with Gasteiger partial charge in [0.2, 0.25) is 0 Å². The van der Waals surface area contributed by atoms with Crippen LogP contribution in [0.25, 0.3) is 0 Å². The van der Waals surface area contributed by atoms with Gasteiger partial charge in [0.15, 0.2) is 0 Å². The highest BCUT2D eigenvalue weighted by atomic mass is 15.2. The molecule has 0 spiro atoms. The van der Waals surface area contributed by atoms with Gasteiger partial charge in [0.25, 0.3) is 0 Å². The van der Waals surface area contributed by atoms with E-state index in [-0.39, 0.29) is 0 Å². The van der Waals surface area contributed by atoms with Crippen molar-refractivity contribution in [3.63, 3.8) is 0 Å². The minimum Gasteiger partial charge on any atom is -0.313 e. The fraction of sp³-hybridized carbons (Fsp3) is 1.00. The van der Waals surface area contributed by atoms with Crippen LogP contribution in [-0.2, 0) is 0 Å². The molecule has 0 radical (unpaired) electrons. The number of rotatable bonds is 2. The van der Waals surface area contributed by atoms with Crippen molar-refractivity contribution in [1.29, 1.82) is 0 Å². The Morgan fingerprint density at radius 1 is 1.27 bits per heavy atom. The van der Waals surface area contributed by atoms with E-state index in [0.29, 0.717) is 11.5 Å². The third kappa shape index (κ3) is 3.18. The molecule has 2 nitrogen and oxygen atoms in total. The second-order valence-electron chi connectivity index (χ2n) is 5.96. The molecule has 1 heterocycles. The summed E-state index contributed by atoms with van der Waals surface area (Å²) in [6, 6.07) is 0.678. The summed E-state index contributed by atoms with van der Waals surface area (Å²) in [4.78, 5) is 2.69. The molecule has 0 amide bonds. The molecule has 1 saturated heterocycles. The van der Waals surface area contributed by atoms with E-state index in [0.717, 1.165) is 0 Å². The molecule has 0 aromatic rings. The maximum Gasteiger partial charge on any atom is 0.0166 e. The fourth-order valence-corrected chi connectivity index (χ4v) is 3.26. The molecule has 1 aliphatic carbocycles. The van der Waals surface area contributed by atoms with Crippen LogP contribution in [0.3, 0.4) is 0 Å². The number of hydrogen-bond acceptors (Lipinski definition) is 2. The molecule has 2 heteroatoms. The largest absolute Gasteiger partial charge is 0.313 e. The van der Waals surface area contributed by atoms with Crippen molar-refractivity contribution in [2.75, 3.05) is 26.2 Å². The van der Waals surface area contributed by atoms with Gasteiger partial charge in [-0.3, -0.25) is 0 Å². The van der Waals surface area contributed by atoms with Gasteiger partial charge in [0.1, 0.15) is 0 Å². The third-order valence-corrected chi connectivity index (χ3v) is 4.09. The van der Waals surface area contributed by atoms with E-state index in [9.17, 15) is 0 Å². The molecule has 2 aliphatic rings. The smallest absolute Gasteiger partial charge is 0.0166 e. The van der Waals surface area contributed by atoms with Crippen LogP contribution in [0.5, 0.6) is 0 Å². The van der Waals surface area contributed by atoms with E-state index in [2.05, 4.69) is 24.1 Å². The quantitative estimate of drug-likeness (QED) is 0.752. The summed E-state index contributed by atoms with van der Waals surface area (Å²) < 4.78 is 0. The normalized spacial score (nSPS) is 32.8. The van der Waals surface area contributed by atoms with Crippen molar-refractivity contribution < 1.29 is 0 Å². The third-order valence-electron chi connectivity index (χ3n) is 4.09. The van der Waals surface area contributed by atoms with E-state index >= 15 is 0 Å². The minimum absolute atomic E-state index is 0.629. The van der Waals surface area contributed by atoms with E-state index < -0.39 is 0 Å². The van der Waals surface area contributed by atoms with Crippen LogP contribution in [-0.4, -0.2) is 37.1 Å². The molecule has 1 unspecified atom stereocenters. The number of nitrogens with zero attached hydrogens (tertiary/aromatic N) is 1. The maximum absolute atomic E-state index is 3.57. The molecule has 15 heavy (non-hydrogen) atoms. The molecule has 0 aromatic carbocycles. The van der Waals surface area contributed by atoms with Gasteiger partial charge in [0, 0.05) is 19.1 Å². The van der Waals surface area contributed by atoms with Crippen LogP contribution in [0.1, 0.15) is 46.0 Å².